The molecule has 1 aliphatic carbocycles. The number of thioether (sulfide) groups is 1. The standard InChI is InChI=1S/C17H18FNOS/c1-21-16-8-3-2-7-15(16)20-17-12(5-4-6-14(17)18)11-19-13-9-10-13/h2-8,13,19H,9-11H2,1H3. The smallest absolute Gasteiger partial charge is 0.167 e. The van der Waals surface area contributed by atoms with Crippen molar-refractivity contribution in [2.45, 2.75) is 30.3 Å². The minimum atomic E-state index is -0.319. The third kappa shape index (κ3) is 3.57. The van der Waals surface area contributed by atoms with E-state index in [1.54, 1.807) is 17.8 Å². The fraction of sp³-hybridized carbons (Fsp3) is 0.294. The Morgan fingerprint density at radius 1 is 1.19 bits per heavy atom. The number of halogens is 1. The first-order chi connectivity index (χ1) is 10.3. The van der Waals surface area contributed by atoms with Gasteiger partial charge in [0.15, 0.2) is 11.6 Å². The molecule has 4 heteroatoms. The molecule has 0 atom stereocenters. The van der Waals surface area contributed by atoms with Crippen LogP contribution >= 0.6 is 11.8 Å². The summed E-state index contributed by atoms with van der Waals surface area (Å²) in [5.74, 6) is 0.705. The van der Waals surface area contributed by atoms with Crippen LogP contribution in [0.25, 0.3) is 0 Å². The van der Waals surface area contributed by atoms with Gasteiger partial charge >= 0.3 is 0 Å². The van der Waals surface area contributed by atoms with E-state index >= 15 is 0 Å². The van der Waals surface area contributed by atoms with Crippen LogP contribution in [-0.4, -0.2) is 12.3 Å². The van der Waals surface area contributed by atoms with Gasteiger partial charge < -0.3 is 10.1 Å². The van der Waals surface area contributed by atoms with Gasteiger partial charge in [0.2, 0.25) is 0 Å². The Hall–Kier alpha value is -1.52. The van der Waals surface area contributed by atoms with Gasteiger partial charge in [0.1, 0.15) is 5.75 Å². The molecule has 0 unspecified atom stereocenters. The molecule has 0 radical (unpaired) electrons. The molecule has 0 aromatic heterocycles. The monoisotopic (exact) mass is 303 g/mol. The van der Waals surface area contributed by atoms with Gasteiger partial charge in [0.05, 0.1) is 0 Å². The Labute approximate surface area is 128 Å². The maximum atomic E-state index is 14.2. The van der Waals surface area contributed by atoms with Crippen LogP contribution in [0.4, 0.5) is 4.39 Å². The van der Waals surface area contributed by atoms with Crippen LogP contribution in [0.5, 0.6) is 11.5 Å². The molecule has 0 aliphatic heterocycles. The average Bonchev–Trinajstić information content (AvgIpc) is 3.32. The lowest BCUT2D eigenvalue weighted by Crippen LogP contribution is -2.16. The third-order valence-corrected chi connectivity index (χ3v) is 4.27. The van der Waals surface area contributed by atoms with Crippen LogP contribution in [0.3, 0.4) is 0 Å². The van der Waals surface area contributed by atoms with Crippen LogP contribution in [-0.2, 0) is 6.54 Å². The summed E-state index contributed by atoms with van der Waals surface area (Å²) in [7, 11) is 0. The largest absolute Gasteiger partial charge is 0.453 e. The molecule has 3 rings (SSSR count). The fourth-order valence-electron chi connectivity index (χ4n) is 2.16. The predicted molar refractivity (Wildman–Crippen MR) is 84.6 cm³/mol. The first-order valence-electron chi connectivity index (χ1n) is 7.09. The second kappa shape index (κ2) is 6.50. The molecule has 0 bridgehead atoms. The zero-order chi connectivity index (χ0) is 14.7. The van der Waals surface area contributed by atoms with E-state index in [9.17, 15) is 4.39 Å². The van der Waals surface area contributed by atoms with Crippen LogP contribution in [0.1, 0.15) is 18.4 Å². The molecular formula is C17H18FNOS. The number of benzene rings is 2. The lowest BCUT2D eigenvalue weighted by molar-refractivity contribution is 0.425. The Morgan fingerprint density at radius 3 is 2.76 bits per heavy atom. The zero-order valence-electron chi connectivity index (χ0n) is 11.9. The molecule has 1 aliphatic rings. The van der Waals surface area contributed by atoms with Crippen LogP contribution in [0.2, 0.25) is 0 Å². The van der Waals surface area contributed by atoms with Crippen molar-refractivity contribution >= 4 is 11.8 Å². The maximum Gasteiger partial charge on any atom is 0.167 e. The van der Waals surface area contributed by atoms with Crippen molar-refractivity contribution in [2.75, 3.05) is 6.26 Å². The topological polar surface area (TPSA) is 21.3 Å². The zero-order valence-corrected chi connectivity index (χ0v) is 12.8. The van der Waals surface area contributed by atoms with Gasteiger partial charge in [-0.1, -0.05) is 24.3 Å². The Bertz CT molecular complexity index is 628. The van der Waals surface area contributed by atoms with E-state index in [-0.39, 0.29) is 5.82 Å². The predicted octanol–water partition coefficient (Wildman–Crippen LogP) is 4.59. The molecule has 0 amide bonds. The van der Waals surface area contributed by atoms with E-state index in [0.29, 0.717) is 24.1 Å². The van der Waals surface area contributed by atoms with Gasteiger partial charge in [-0.05, 0) is 37.3 Å². The molecule has 2 aromatic carbocycles. The molecule has 2 aromatic rings. The molecule has 0 spiro atoms. The summed E-state index contributed by atoms with van der Waals surface area (Å²) in [5, 5.41) is 3.40. The van der Waals surface area contributed by atoms with Crippen molar-refractivity contribution < 1.29 is 9.13 Å². The molecule has 110 valence electrons. The summed E-state index contributed by atoms with van der Waals surface area (Å²) in [4.78, 5) is 1.00. The summed E-state index contributed by atoms with van der Waals surface area (Å²) in [5.41, 5.74) is 0.859. The number of hydrogen-bond acceptors (Lipinski definition) is 3. The van der Waals surface area contributed by atoms with Gasteiger partial charge in [0.25, 0.3) is 0 Å². The highest BCUT2D eigenvalue weighted by Crippen LogP contribution is 2.34. The number of rotatable bonds is 6. The lowest BCUT2D eigenvalue weighted by atomic mass is 10.2. The number of hydrogen-bond donors (Lipinski definition) is 1. The van der Waals surface area contributed by atoms with Gasteiger partial charge in [-0.15, -0.1) is 11.8 Å². The molecule has 0 saturated heterocycles. The minimum Gasteiger partial charge on any atom is -0.453 e. The maximum absolute atomic E-state index is 14.2. The van der Waals surface area contributed by atoms with Crippen molar-refractivity contribution in [3.8, 4) is 11.5 Å². The third-order valence-electron chi connectivity index (χ3n) is 3.49. The van der Waals surface area contributed by atoms with Gasteiger partial charge in [0, 0.05) is 23.0 Å². The highest BCUT2D eigenvalue weighted by atomic mass is 32.2. The Morgan fingerprint density at radius 2 is 2.00 bits per heavy atom. The summed E-state index contributed by atoms with van der Waals surface area (Å²) in [6.07, 6.45) is 4.40. The fourth-order valence-corrected chi connectivity index (χ4v) is 2.69. The second-order valence-corrected chi connectivity index (χ2v) is 5.98. The summed E-state index contributed by atoms with van der Waals surface area (Å²) >= 11 is 1.59. The Kier molecular flexibility index (Phi) is 4.46. The second-order valence-electron chi connectivity index (χ2n) is 5.14. The van der Waals surface area contributed by atoms with Crippen molar-refractivity contribution in [1.82, 2.24) is 5.32 Å². The first-order valence-corrected chi connectivity index (χ1v) is 8.32. The average molecular weight is 303 g/mol. The van der Waals surface area contributed by atoms with Gasteiger partial charge in [-0.3, -0.25) is 0 Å². The van der Waals surface area contributed by atoms with E-state index in [2.05, 4.69) is 5.32 Å². The van der Waals surface area contributed by atoms with E-state index < -0.39 is 0 Å². The quantitative estimate of drug-likeness (QED) is 0.789. The molecule has 21 heavy (non-hydrogen) atoms. The molecule has 1 fully saturated rings. The summed E-state index contributed by atoms with van der Waals surface area (Å²) in [6.45, 7) is 0.638. The minimum absolute atomic E-state index is 0.319. The van der Waals surface area contributed by atoms with E-state index in [1.165, 1.54) is 18.9 Å². The van der Waals surface area contributed by atoms with Gasteiger partial charge in [-0.2, -0.15) is 0 Å². The molecule has 1 N–H and O–H groups in total. The Balaban J connectivity index is 1.85. The normalized spacial score (nSPS) is 14.2. The van der Waals surface area contributed by atoms with E-state index in [1.807, 2.05) is 36.6 Å². The molecular weight excluding hydrogens is 285 g/mol. The van der Waals surface area contributed by atoms with Crippen LogP contribution in [0.15, 0.2) is 47.4 Å². The van der Waals surface area contributed by atoms with Crippen molar-refractivity contribution in [3.63, 3.8) is 0 Å². The number of para-hydroxylation sites is 2. The summed E-state index contributed by atoms with van der Waals surface area (Å²) in [6, 6.07) is 13.4. The highest BCUT2D eigenvalue weighted by Gasteiger charge is 2.21. The SMILES string of the molecule is CSc1ccccc1Oc1c(F)cccc1CNC1CC1. The van der Waals surface area contributed by atoms with Gasteiger partial charge in [-0.25, -0.2) is 4.39 Å². The highest BCUT2D eigenvalue weighted by molar-refractivity contribution is 7.98. The molecule has 0 heterocycles. The van der Waals surface area contributed by atoms with E-state index in [4.69, 9.17) is 4.74 Å². The van der Waals surface area contributed by atoms with Crippen molar-refractivity contribution in [3.05, 3.63) is 53.8 Å². The number of nitrogens with one attached hydrogen (secondary N) is 1. The van der Waals surface area contributed by atoms with Crippen molar-refractivity contribution in [1.29, 1.82) is 0 Å². The summed E-state index contributed by atoms with van der Waals surface area (Å²) < 4.78 is 20.0. The van der Waals surface area contributed by atoms with Crippen molar-refractivity contribution in [2.24, 2.45) is 0 Å². The lowest BCUT2D eigenvalue weighted by Gasteiger charge is -2.14. The van der Waals surface area contributed by atoms with Crippen LogP contribution < -0.4 is 10.1 Å². The molecule has 1 saturated carbocycles. The van der Waals surface area contributed by atoms with Crippen LogP contribution in [0, 0.1) is 5.82 Å². The number of ether oxygens (including phenoxy) is 1. The molecule has 2 nitrogen and oxygen atoms in total. The first kappa shape index (κ1) is 14.4. The van der Waals surface area contributed by atoms with E-state index in [0.717, 1.165) is 10.5 Å².